The van der Waals surface area contributed by atoms with Crippen LogP contribution in [0.1, 0.15) is 27.0 Å². The second-order valence-electron chi connectivity index (χ2n) is 9.42. The van der Waals surface area contributed by atoms with Gasteiger partial charge in [0.05, 0.1) is 4.92 Å². The molecule has 2 atom stereocenters. The number of hydrogen-bond acceptors (Lipinski definition) is 5. The van der Waals surface area contributed by atoms with Gasteiger partial charge in [0.15, 0.2) is 0 Å². The number of benzene rings is 4. The molecule has 8 heteroatoms. The normalized spacial score (nSPS) is 12.3. The molecule has 4 rings (SSSR count). The zero-order valence-electron chi connectivity index (χ0n) is 21.3. The lowest BCUT2D eigenvalue weighted by atomic mass is 9.88. The summed E-state index contributed by atoms with van der Waals surface area (Å²) in [6, 6.07) is 30.0. The first kappa shape index (κ1) is 27.2. The molecule has 0 radical (unpaired) electrons. The first-order valence-corrected chi connectivity index (χ1v) is 12.6. The number of hydrogen-bond donors (Lipinski definition) is 4. The minimum atomic E-state index is -0.438. The average molecular weight is 523 g/mol. The molecule has 4 aromatic carbocycles. The van der Waals surface area contributed by atoms with Crippen molar-refractivity contribution in [3.8, 4) is 11.1 Å². The van der Waals surface area contributed by atoms with Crippen molar-refractivity contribution in [1.82, 2.24) is 5.32 Å². The summed E-state index contributed by atoms with van der Waals surface area (Å²) in [5.74, 6) is -0.599. The molecule has 5 N–H and O–H groups in total. The fourth-order valence-electron chi connectivity index (χ4n) is 4.57. The smallest absolute Gasteiger partial charge is 0.270 e. The lowest BCUT2D eigenvalue weighted by Crippen LogP contribution is -2.44. The average Bonchev–Trinajstić information content (AvgIpc) is 2.96. The fraction of sp³-hybridized carbons (Fsp3) is 0.161. The van der Waals surface area contributed by atoms with Gasteiger partial charge in [-0.25, -0.2) is 0 Å². The maximum absolute atomic E-state index is 13.3. The van der Waals surface area contributed by atoms with E-state index in [4.69, 9.17) is 11.1 Å². The molecule has 0 heterocycles. The van der Waals surface area contributed by atoms with Gasteiger partial charge in [0.1, 0.15) is 5.84 Å². The van der Waals surface area contributed by atoms with Gasteiger partial charge in [0.25, 0.3) is 11.6 Å². The number of carbonyl (C=O) groups is 1. The SMILES string of the molecule is N=C(N)c1cccc(CC(CO)C(Cc2ccccc2)NC(=O)c2ccc(-c3cccc([N+](=O)[O-])c3)cc2)c1. The van der Waals surface area contributed by atoms with Crippen LogP contribution in [0.15, 0.2) is 103 Å². The van der Waals surface area contributed by atoms with Crippen molar-refractivity contribution in [1.29, 1.82) is 5.41 Å². The van der Waals surface area contributed by atoms with Gasteiger partial charge in [0.2, 0.25) is 0 Å². The van der Waals surface area contributed by atoms with Crippen molar-refractivity contribution in [2.24, 2.45) is 11.7 Å². The maximum atomic E-state index is 13.3. The number of nitrogens with zero attached hydrogens (tertiary/aromatic N) is 1. The summed E-state index contributed by atoms with van der Waals surface area (Å²) >= 11 is 0. The van der Waals surface area contributed by atoms with E-state index in [1.165, 1.54) is 12.1 Å². The topological polar surface area (TPSA) is 142 Å². The Kier molecular flexibility index (Phi) is 8.81. The van der Waals surface area contributed by atoms with Crippen molar-refractivity contribution >= 4 is 17.4 Å². The van der Waals surface area contributed by atoms with E-state index in [0.29, 0.717) is 29.5 Å². The van der Waals surface area contributed by atoms with Crippen LogP contribution in [0.25, 0.3) is 11.1 Å². The third kappa shape index (κ3) is 7.15. The number of amides is 1. The molecule has 198 valence electrons. The van der Waals surface area contributed by atoms with Gasteiger partial charge in [-0.1, -0.05) is 72.8 Å². The molecule has 0 aromatic heterocycles. The number of nitro groups is 1. The molecule has 0 aliphatic carbocycles. The van der Waals surface area contributed by atoms with Gasteiger partial charge in [-0.2, -0.15) is 0 Å². The Morgan fingerprint density at radius 1 is 0.846 bits per heavy atom. The molecular formula is C31H30N4O4. The number of nitro benzene ring substituents is 1. The van der Waals surface area contributed by atoms with Gasteiger partial charge in [0, 0.05) is 41.8 Å². The summed E-state index contributed by atoms with van der Waals surface area (Å²) in [6.07, 6.45) is 1.01. The summed E-state index contributed by atoms with van der Waals surface area (Å²) in [7, 11) is 0. The van der Waals surface area contributed by atoms with Gasteiger partial charge in [-0.05, 0) is 53.3 Å². The predicted molar refractivity (Wildman–Crippen MR) is 152 cm³/mol. The monoisotopic (exact) mass is 522 g/mol. The first-order chi connectivity index (χ1) is 18.8. The standard InChI is InChI=1S/C31H30N4O4/c32-30(33)26-10-4-8-22(16-26)17-27(20-36)29(18-21-6-2-1-3-7-21)34-31(37)24-14-12-23(13-15-24)25-9-5-11-28(19-25)35(38)39/h1-16,19,27,29,36H,17-18,20H2,(H3,32,33)(H,34,37). The molecule has 39 heavy (non-hydrogen) atoms. The molecule has 2 unspecified atom stereocenters. The summed E-state index contributed by atoms with van der Waals surface area (Å²) in [5, 5.41) is 32.3. The quantitative estimate of drug-likeness (QED) is 0.0974. The van der Waals surface area contributed by atoms with E-state index < -0.39 is 4.92 Å². The Bertz CT molecular complexity index is 1460. The van der Waals surface area contributed by atoms with Gasteiger partial charge in [-0.15, -0.1) is 0 Å². The van der Waals surface area contributed by atoms with Crippen LogP contribution in [0.3, 0.4) is 0 Å². The highest BCUT2D eigenvalue weighted by molar-refractivity contribution is 5.95. The molecule has 0 spiro atoms. The van der Waals surface area contributed by atoms with Crippen LogP contribution in [0.2, 0.25) is 0 Å². The molecule has 0 saturated heterocycles. The second-order valence-corrected chi connectivity index (χ2v) is 9.42. The molecule has 0 saturated carbocycles. The summed E-state index contributed by atoms with van der Waals surface area (Å²) in [6.45, 7) is -0.145. The second kappa shape index (κ2) is 12.6. The molecule has 0 aliphatic heterocycles. The Morgan fingerprint density at radius 2 is 1.54 bits per heavy atom. The lowest BCUT2D eigenvalue weighted by molar-refractivity contribution is -0.384. The lowest BCUT2D eigenvalue weighted by Gasteiger charge is -2.27. The summed E-state index contributed by atoms with van der Waals surface area (Å²) in [4.78, 5) is 24.0. The van der Waals surface area contributed by atoms with Crippen molar-refractivity contribution < 1.29 is 14.8 Å². The number of amidine groups is 1. The third-order valence-electron chi connectivity index (χ3n) is 6.69. The van der Waals surface area contributed by atoms with E-state index >= 15 is 0 Å². The summed E-state index contributed by atoms with van der Waals surface area (Å²) in [5.41, 5.74) is 10.1. The van der Waals surface area contributed by atoms with Gasteiger partial charge >= 0.3 is 0 Å². The zero-order chi connectivity index (χ0) is 27.8. The zero-order valence-corrected chi connectivity index (χ0v) is 21.3. The van der Waals surface area contributed by atoms with E-state index in [2.05, 4.69) is 5.32 Å². The fourth-order valence-corrected chi connectivity index (χ4v) is 4.57. The number of non-ortho nitro benzene ring substituents is 1. The van der Waals surface area contributed by atoms with Crippen molar-refractivity contribution in [2.45, 2.75) is 18.9 Å². The highest BCUT2D eigenvalue weighted by atomic mass is 16.6. The molecule has 4 aromatic rings. The van der Waals surface area contributed by atoms with Crippen LogP contribution >= 0.6 is 0 Å². The number of nitrogen functional groups attached to an aromatic ring is 1. The highest BCUT2D eigenvalue weighted by Crippen LogP contribution is 2.24. The Morgan fingerprint density at radius 3 is 2.21 bits per heavy atom. The summed E-state index contributed by atoms with van der Waals surface area (Å²) < 4.78 is 0. The largest absolute Gasteiger partial charge is 0.396 e. The predicted octanol–water partition coefficient (Wildman–Crippen LogP) is 4.74. The molecule has 8 nitrogen and oxygen atoms in total. The van der Waals surface area contributed by atoms with Gasteiger partial charge in [-0.3, -0.25) is 20.3 Å². The highest BCUT2D eigenvalue weighted by Gasteiger charge is 2.24. The van der Waals surface area contributed by atoms with Crippen LogP contribution < -0.4 is 11.1 Å². The molecule has 0 fully saturated rings. The Balaban J connectivity index is 1.55. The number of aliphatic hydroxyl groups excluding tert-OH is 1. The van der Waals surface area contributed by atoms with E-state index in [1.54, 1.807) is 42.5 Å². The Labute approximate surface area is 226 Å². The van der Waals surface area contributed by atoms with E-state index in [1.807, 2.05) is 48.5 Å². The maximum Gasteiger partial charge on any atom is 0.270 e. The van der Waals surface area contributed by atoms with Crippen LogP contribution in [0, 0.1) is 21.4 Å². The molecule has 0 aliphatic rings. The number of rotatable bonds is 11. The van der Waals surface area contributed by atoms with Crippen LogP contribution in [-0.2, 0) is 12.8 Å². The third-order valence-corrected chi connectivity index (χ3v) is 6.69. The molecular weight excluding hydrogens is 492 g/mol. The first-order valence-electron chi connectivity index (χ1n) is 12.6. The number of carbonyl (C=O) groups excluding carboxylic acids is 1. The van der Waals surface area contributed by atoms with Crippen molar-refractivity contribution in [3.63, 3.8) is 0 Å². The number of aliphatic hydroxyl groups is 1. The van der Waals surface area contributed by atoms with E-state index in [9.17, 15) is 20.0 Å². The molecule has 0 bridgehead atoms. The molecule has 1 amide bonds. The number of nitrogens with two attached hydrogens (primary N) is 1. The van der Waals surface area contributed by atoms with Crippen LogP contribution in [0.5, 0.6) is 0 Å². The minimum Gasteiger partial charge on any atom is -0.396 e. The van der Waals surface area contributed by atoms with Crippen LogP contribution in [-0.4, -0.2) is 34.4 Å². The van der Waals surface area contributed by atoms with Crippen molar-refractivity contribution in [3.05, 3.63) is 135 Å². The number of nitrogens with one attached hydrogen (secondary N) is 2. The van der Waals surface area contributed by atoms with Gasteiger partial charge < -0.3 is 16.2 Å². The van der Waals surface area contributed by atoms with E-state index in [0.717, 1.165) is 16.7 Å². The van der Waals surface area contributed by atoms with E-state index in [-0.39, 0.29) is 36.0 Å². The Hall–Kier alpha value is -4.82. The van der Waals surface area contributed by atoms with Crippen molar-refractivity contribution in [2.75, 3.05) is 6.61 Å². The van der Waals surface area contributed by atoms with Crippen LogP contribution in [0.4, 0.5) is 5.69 Å². The minimum absolute atomic E-state index is 0.00181.